The van der Waals surface area contributed by atoms with Gasteiger partial charge in [-0.3, -0.25) is 4.79 Å². The lowest BCUT2D eigenvalue weighted by Crippen LogP contribution is -1.95. The maximum absolute atomic E-state index is 10.3. The predicted octanol–water partition coefficient (Wildman–Crippen LogP) is 2.74. The van der Waals surface area contributed by atoms with Crippen molar-refractivity contribution in [3.63, 3.8) is 0 Å². The van der Waals surface area contributed by atoms with Crippen molar-refractivity contribution in [3.8, 4) is 0 Å². The monoisotopic (exact) mass is 230 g/mol. The number of aliphatic carboxylic acids is 1. The summed E-state index contributed by atoms with van der Waals surface area (Å²) in [6.07, 6.45) is 5.40. The molecule has 0 saturated carbocycles. The predicted molar refractivity (Wildman–Crippen MR) is 58.6 cm³/mol. The first-order valence-corrected chi connectivity index (χ1v) is 6.04. The van der Waals surface area contributed by atoms with Crippen LogP contribution in [0.4, 0.5) is 0 Å². The number of aromatic nitrogens is 1. The van der Waals surface area contributed by atoms with Gasteiger partial charge in [-0.25, -0.2) is 4.98 Å². The van der Waals surface area contributed by atoms with Crippen LogP contribution in [0.25, 0.3) is 0 Å². The Labute approximate surface area is 91.6 Å². The number of hydrogen-bond acceptors (Lipinski definition) is 4. The van der Waals surface area contributed by atoms with Crippen LogP contribution in [0.2, 0.25) is 0 Å². The molecule has 3 nitrogen and oxygen atoms in total. The molecule has 1 aromatic heterocycles. The van der Waals surface area contributed by atoms with Crippen LogP contribution in [0.3, 0.4) is 0 Å². The van der Waals surface area contributed by atoms with E-state index < -0.39 is 5.97 Å². The van der Waals surface area contributed by atoms with Crippen molar-refractivity contribution >= 4 is 29.1 Å². The molecule has 5 heteroatoms. The molecule has 0 aliphatic carbocycles. The fourth-order valence-corrected chi connectivity index (χ4v) is 2.67. The average Bonchev–Trinajstić information content (AvgIpc) is 2.47. The molecule has 0 aromatic carbocycles. The highest BCUT2D eigenvalue weighted by molar-refractivity contribution is 8.02. The van der Waals surface area contributed by atoms with E-state index in [4.69, 9.17) is 5.11 Å². The van der Waals surface area contributed by atoms with Crippen LogP contribution in [0.1, 0.15) is 23.4 Å². The zero-order valence-electron chi connectivity index (χ0n) is 7.95. The lowest BCUT2D eigenvalue weighted by Gasteiger charge is -1.95. The van der Waals surface area contributed by atoms with E-state index in [-0.39, 0.29) is 6.42 Å². The second-order valence-electron chi connectivity index (χ2n) is 2.88. The fourth-order valence-electron chi connectivity index (χ4n) is 1.10. The molecule has 0 fully saturated rings. The second-order valence-corrected chi connectivity index (χ2v) is 4.90. The topological polar surface area (TPSA) is 50.2 Å². The Morgan fingerprint density at radius 2 is 2.43 bits per heavy atom. The third kappa shape index (κ3) is 3.31. The third-order valence-electron chi connectivity index (χ3n) is 1.79. The van der Waals surface area contributed by atoms with E-state index in [0.717, 1.165) is 16.5 Å². The molecule has 0 bridgehead atoms. The van der Waals surface area contributed by atoms with Crippen molar-refractivity contribution in [2.45, 2.75) is 30.5 Å². The van der Waals surface area contributed by atoms with Crippen molar-refractivity contribution in [3.05, 3.63) is 16.8 Å². The molecular weight excluding hydrogens is 218 g/mol. The summed E-state index contributed by atoms with van der Waals surface area (Å²) in [5, 5.41) is 8.49. The molecule has 1 aromatic rings. The maximum Gasteiger partial charge on any atom is 0.303 e. The Bertz CT molecular complexity index is 323. The second kappa shape index (κ2) is 5.36. The largest absolute Gasteiger partial charge is 0.481 e. The number of carbonyl (C=O) groups is 1. The minimum atomic E-state index is -0.737. The van der Waals surface area contributed by atoms with Gasteiger partial charge in [0.2, 0.25) is 0 Å². The number of carboxylic acid groups (broad SMARTS) is 1. The van der Waals surface area contributed by atoms with Crippen molar-refractivity contribution in [2.24, 2.45) is 0 Å². The van der Waals surface area contributed by atoms with Crippen molar-refractivity contribution < 1.29 is 9.90 Å². The molecule has 14 heavy (non-hydrogen) atoms. The van der Waals surface area contributed by atoms with Gasteiger partial charge < -0.3 is 5.11 Å². The highest BCUT2D eigenvalue weighted by Crippen LogP contribution is 2.27. The van der Waals surface area contributed by atoms with Gasteiger partial charge in [0.25, 0.3) is 0 Å². The van der Waals surface area contributed by atoms with Crippen LogP contribution >= 0.6 is 23.1 Å². The first-order chi connectivity index (χ1) is 6.63. The van der Waals surface area contributed by atoms with Gasteiger partial charge in [0, 0.05) is 17.6 Å². The Morgan fingerprint density at radius 3 is 2.93 bits per heavy atom. The summed E-state index contributed by atoms with van der Waals surface area (Å²) in [5.41, 5.74) is 1.01. The zero-order valence-corrected chi connectivity index (χ0v) is 9.58. The highest BCUT2D eigenvalue weighted by atomic mass is 32.2. The fraction of sp³-hybridized carbons (Fsp3) is 0.444. The molecular formula is C9H12NO2S2. The van der Waals surface area contributed by atoms with Crippen molar-refractivity contribution in [2.75, 3.05) is 0 Å². The highest BCUT2D eigenvalue weighted by Gasteiger charge is 2.07. The molecule has 0 spiro atoms. The standard InChI is InChI=1S/C9H12NO2S2/c1-6-7(4-3-5-8(11)12)14-9(10-6)13-2/h2-5H2,1H3,(H,11,12). The van der Waals surface area contributed by atoms with Gasteiger partial charge in [0.1, 0.15) is 4.34 Å². The summed E-state index contributed by atoms with van der Waals surface area (Å²) in [4.78, 5) is 15.8. The average molecular weight is 230 g/mol. The molecule has 0 atom stereocenters. The van der Waals surface area contributed by atoms with Crippen LogP contribution in [-0.4, -0.2) is 16.1 Å². The summed E-state index contributed by atoms with van der Waals surface area (Å²) in [6.45, 7) is 1.95. The summed E-state index contributed by atoms with van der Waals surface area (Å²) in [5.74, 6) is -0.737. The summed E-state index contributed by atoms with van der Waals surface area (Å²) in [7, 11) is 0. The van der Waals surface area contributed by atoms with Gasteiger partial charge in [-0.15, -0.1) is 11.3 Å². The Balaban J connectivity index is 2.49. The van der Waals surface area contributed by atoms with Crippen LogP contribution in [-0.2, 0) is 11.2 Å². The quantitative estimate of drug-likeness (QED) is 0.790. The molecule has 0 amide bonds. The molecule has 0 saturated heterocycles. The van der Waals surface area contributed by atoms with E-state index in [1.807, 2.05) is 6.92 Å². The lowest BCUT2D eigenvalue weighted by molar-refractivity contribution is -0.137. The first-order valence-electron chi connectivity index (χ1n) is 4.23. The lowest BCUT2D eigenvalue weighted by atomic mass is 10.2. The molecule has 77 valence electrons. The van der Waals surface area contributed by atoms with Gasteiger partial charge in [-0.05, 0) is 19.8 Å². The first kappa shape index (κ1) is 11.5. The number of thiazole rings is 1. The molecule has 0 aliphatic heterocycles. The van der Waals surface area contributed by atoms with E-state index in [9.17, 15) is 4.79 Å². The van der Waals surface area contributed by atoms with Crippen LogP contribution in [0.15, 0.2) is 4.34 Å². The van der Waals surface area contributed by atoms with Gasteiger partial charge in [-0.1, -0.05) is 11.8 Å². The number of rotatable bonds is 5. The minimum Gasteiger partial charge on any atom is -0.481 e. The molecule has 0 aliphatic rings. The molecule has 1 N–H and O–H groups in total. The Kier molecular flexibility index (Phi) is 4.41. The minimum absolute atomic E-state index is 0.226. The van der Waals surface area contributed by atoms with Gasteiger partial charge in [-0.2, -0.15) is 0 Å². The SMILES string of the molecule is [CH2]Sc1nc(C)c(CCCC(=O)O)s1. The van der Waals surface area contributed by atoms with Crippen molar-refractivity contribution in [1.29, 1.82) is 0 Å². The summed E-state index contributed by atoms with van der Waals surface area (Å²) in [6, 6.07) is 0. The number of carboxylic acids is 1. The Hall–Kier alpha value is -0.550. The van der Waals surface area contributed by atoms with Crippen molar-refractivity contribution in [1.82, 2.24) is 4.98 Å². The Morgan fingerprint density at radius 1 is 1.71 bits per heavy atom. The summed E-state index contributed by atoms with van der Waals surface area (Å²) >= 11 is 2.99. The zero-order chi connectivity index (χ0) is 10.6. The number of hydrogen-bond donors (Lipinski definition) is 1. The third-order valence-corrected chi connectivity index (χ3v) is 3.74. The normalized spacial score (nSPS) is 10.4. The van der Waals surface area contributed by atoms with Crippen LogP contribution < -0.4 is 0 Å². The number of nitrogens with zero attached hydrogens (tertiary/aromatic N) is 1. The number of thioether (sulfide) groups is 1. The van der Waals surface area contributed by atoms with Gasteiger partial charge in [0.15, 0.2) is 0 Å². The molecule has 1 heterocycles. The van der Waals surface area contributed by atoms with Gasteiger partial charge >= 0.3 is 5.97 Å². The van der Waals surface area contributed by atoms with E-state index >= 15 is 0 Å². The van der Waals surface area contributed by atoms with Crippen LogP contribution in [0, 0.1) is 13.2 Å². The maximum atomic E-state index is 10.3. The molecule has 0 unspecified atom stereocenters. The van der Waals surface area contributed by atoms with E-state index in [1.165, 1.54) is 16.6 Å². The molecule has 1 rings (SSSR count). The van der Waals surface area contributed by atoms with Gasteiger partial charge in [0.05, 0.1) is 5.69 Å². The van der Waals surface area contributed by atoms with E-state index in [1.54, 1.807) is 11.3 Å². The van der Waals surface area contributed by atoms with Crippen LogP contribution in [0.5, 0.6) is 0 Å². The number of aryl methyl sites for hydroxylation is 2. The van der Waals surface area contributed by atoms with E-state index in [0.29, 0.717) is 6.42 Å². The summed E-state index contributed by atoms with van der Waals surface area (Å²) < 4.78 is 0.952. The molecule has 1 radical (unpaired) electrons. The smallest absolute Gasteiger partial charge is 0.303 e. The van der Waals surface area contributed by atoms with E-state index in [2.05, 4.69) is 11.2 Å².